The van der Waals surface area contributed by atoms with Crippen LogP contribution in [0.5, 0.6) is 0 Å². The normalized spacial score (nSPS) is 26.6. The Morgan fingerprint density at radius 3 is 1.97 bits per heavy atom. The Hall–Kier alpha value is -1.29. The second kappa shape index (κ2) is 14.9. The number of rotatable bonds is 13. The van der Waals surface area contributed by atoms with E-state index < -0.39 is 0 Å². The van der Waals surface area contributed by atoms with Gasteiger partial charge in [0.1, 0.15) is 0 Å². The lowest BCUT2D eigenvalue weighted by molar-refractivity contribution is 0.121. The first-order valence-corrected chi connectivity index (χ1v) is 14.7. The number of nitrogens with zero attached hydrogens (tertiary/aromatic N) is 1. The Bertz CT molecular complexity index is 667. The molecule has 0 radical (unpaired) electrons. The second-order valence-electron chi connectivity index (χ2n) is 11.5. The minimum absolute atomic E-state index is 0.665. The van der Waals surface area contributed by atoms with E-state index in [9.17, 15) is 5.26 Å². The van der Waals surface area contributed by atoms with Gasteiger partial charge in [-0.05, 0) is 92.1 Å². The summed E-state index contributed by atoms with van der Waals surface area (Å²) < 4.78 is 0. The van der Waals surface area contributed by atoms with E-state index in [-0.39, 0.29) is 0 Å². The molecule has 0 heterocycles. The zero-order chi connectivity index (χ0) is 23.3. The highest BCUT2D eigenvalue weighted by atomic mass is 14.4. The molecule has 1 aromatic rings. The van der Waals surface area contributed by atoms with Crippen LogP contribution < -0.4 is 0 Å². The van der Waals surface area contributed by atoms with Crippen LogP contribution in [0.25, 0.3) is 0 Å². The molecular weight excluding hydrogens is 398 g/mol. The summed E-state index contributed by atoms with van der Waals surface area (Å²) in [6, 6.07) is 12.2. The molecule has 1 heteroatoms. The predicted octanol–water partition coefficient (Wildman–Crippen LogP) is 10.00. The smallest absolute Gasteiger partial charge is 0.0624 e. The molecule has 2 saturated carbocycles. The standard InChI is InChI=1S/C32H51N/c1-3-5-7-8-9-11-27-12-16-28(17-13-27)29-20-22-31(23-21-29)32(24-25-33)30-18-14-26(15-19-30)10-6-4-2/h12-13,16-17,26,29-32H,3-11,14-15,18-24H2,1-2H3. The van der Waals surface area contributed by atoms with Crippen molar-refractivity contribution in [1.82, 2.24) is 0 Å². The minimum atomic E-state index is 0.665. The van der Waals surface area contributed by atoms with Gasteiger partial charge in [-0.15, -0.1) is 0 Å². The molecule has 3 rings (SSSR count). The maximum absolute atomic E-state index is 9.58. The van der Waals surface area contributed by atoms with Crippen molar-refractivity contribution < 1.29 is 0 Å². The van der Waals surface area contributed by atoms with Crippen molar-refractivity contribution in [2.24, 2.45) is 23.7 Å². The molecule has 0 saturated heterocycles. The van der Waals surface area contributed by atoms with Crippen molar-refractivity contribution in [2.45, 2.75) is 135 Å². The molecule has 2 aliphatic rings. The Morgan fingerprint density at radius 1 is 0.758 bits per heavy atom. The van der Waals surface area contributed by atoms with Gasteiger partial charge in [0.05, 0.1) is 6.07 Å². The van der Waals surface area contributed by atoms with Crippen LogP contribution in [-0.2, 0) is 6.42 Å². The highest BCUT2D eigenvalue weighted by Crippen LogP contribution is 2.46. The van der Waals surface area contributed by atoms with Crippen molar-refractivity contribution >= 4 is 0 Å². The fraction of sp³-hybridized carbons (Fsp3) is 0.781. The summed E-state index contributed by atoms with van der Waals surface area (Å²) in [5, 5.41) is 9.58. The maximum atomic E-state index is 9.58. The number of nitriles is 1. The molecular formula is C32H51N. The quantitative estimate of drug-likeness (QED) is 0.275. The van der Waals surface area contributed by atoms with E-state index in [1.807, 2.05) is 0 Å². The van der Waals surface area contributed by atoms with Crippen LogP contribution in [-0.4, -0.2) is 0 Å². The van der Waals surface area contributed by atoms with Gasteiger partial charge in [-0.3, -0.25) is 0 Å². The van der Waals surface area contributed by atoms with Gasteiger partial charge >= 0.3 is 0 Å². The highest BCUT2D eigenvalue weighted by Gasteiger charge is 2.34. The Morgan fingerprint density at radius 2 is 1.36 bits per heavy atom. The maximum Gasteiger partial charge on any atom is 0.0624 e. The first kappa shape index (κ1) is 26.3. The first-order chi connectivity index (χ1) is 16.2. The van der Waals surface area contributed by atoms with E-state index in [0.29, 0.717) is 5.92 Å². The van der Waals surface area contributed by atoms with Crippen molar-refractivity contribution in [3.05, 3.63) is 35.4 Å². The number of hydrogen-bond acceptors (Lipinski definition) is 1. The summed E-state index contributed by atoms with van der Waals surface area (Å²) in [5.74, 6) is 3.99. The van der Waals surface area contributed by atoms with Gasteiger partial charge in [-0.25, -0.2) is 0 Å². The van der Waals surface area contributed by atoms with Crippen LogP contribution in [0.3, 0.4) is 0 Å². The average molecular weight is 450 g/mol. The van der Waals surface area contributed by atoms with E-state index in [2.05, 4.69) is 44.2 Å². The lowest BCUT2D eigenvalue weighted by atomic mass is 9.65. The molecule has 1 nitrogen and oxygen atoms in total. The molecule has 0 amide bonds. The zero-order valence-corrected chi connectivity index (χ0v) is 21.9. The van der Waals surface area contributed by atoms with Gasteiger partial charge in [-0.1, -0.05) is 95.9 Å². The zero-order valence-electron chi connectivity index (χ0n) is 21.9. The third-order valence-corrected chi connectivity index (χ3v) is 9.19. The molecule has 33 heavy (non-hydrogen) atoms. The lowest BCUT2D eigenvalue weighted by Gasteiger charge is -2.40. The number of aryl methyl sites for hydroxylation is 1. The van der Waals surface area contributed by atoms with E-state index >= 15 is 0 Å². The molecule has 184 valence electrons. The summed E-state index contributed by atoms with van der Waals surface area (Å²) in [6.07, 6.45) is 24.0. The monoisotopic (exact) mass is 449 g/mol. The summed E-state index contributed by atoms with van der Waals surface area (Å²) in [5.41, 5.74) is 3.09. The Labute approximate surface area is 205 Å². The molecule has 1 unspecified atom stereocenters. The van der Waals surface area contributed by atoms with E-state index in [4.69, 9.17) is 0 Å². The number of hydrogen-bond donors (Lipinski definition) is 0. The van der Waals surface area contributed by atoms with Crippen molar-refractivity contribution in [1.29, 1.82) is 5.26 Å². The molecule has 2 aliphatic carbocycles. The number of benzene rings is 1. The van der Waals surface area contributed by atoms with Crippen LogP contribution in [0, 0.1) is 35.0 Å². The number of unbranched alkanes of at least 4 members (excludes halogenated alkanes) is 5. The predicted molar refractivity (Wildman–Crippen MR) is 142 cm³/mol. The molecule has 0 bridgehead atoms. The van der Waals surface area contributed by atoms with Crippen molar-refractivity contribution in [3.8, 4) is 6.07 Å². The molecule has 0 aliphatic heterocycles. The summed E-state index contributed by atoms with van der Waals surface area (Å²) in [4.78, 5) is 0. The van der Waals surface area contributed by atoms with Crippen molar-refractivity contribution in [2.75, 3.05) is 0 Å². The SMILES string of the molecule is CCCCCCCc1ccc(C2CCC(C(CC#N)C3CCC(CCCC)CC3)CC2)cc1. The topological polar surface area (TPSA) is 23.8 Å². The highest BCUT2D eigenvalue weighted by molar-refractivity contribution is 5.26. The van der Waals surface area contributed by atoms with Gasteiger partial charge in [0.15, 0.2) is 0 Å². The van der Waals surface area contributed by atoms with Crippen LogP contribution in [0.1, 0.15) is 140 Å². The Balaban J connectivity index is 1.44. The van der Waals surface area contributed by atoms with Gasteiger partial charge in [0.2, 0.25) is 0 Å². The van der Waals surface area contributed by atoms with Crippen LogP contribution in [0.2, 0.25) is 0 Å². The molecule has 1 aromatic carbocycles. The molecule has 0 spiro atoms. The fourth-order valence-electron chi connectivity index (χ4n) is 6.99. The summed E-state index contributed by atoms with van der Waals surface area (Å²) >= 11 is 0. The van der Waals surface area contributed by atoms with Gasteiger partial charge < -0.3 is 0 Å². The summed E-state index contributed by atoms with van der Waals surface area (Å²) in [7, 11) is 0. The third kappa shape index (κ3) is 8.46. The minimum Gasteiger partial charge on any atom is -0.198 e. The second-order valence-corrected chi connectivity index (χ2v) is 11.5. The largest absolute Gasteiger partial charge is 0.198 e. The van der Waals surface area contributed by atoms with E-state index in [1.54, 1.807) is 5.56 Å². The van der Waals surface area contributed by atoms with Gasteiger partial charge in [-0.2, -0.15) is 5.26 Å². The van der Waals surface area contributed by atoms with E-state index in [0.717, 1.165) is 30.1 Å². The van der Waals surface area contributed by atoms with Crippen LogP contribution >= 0.6 is 0 Å². The lowest BCUT2D eigenvalue weighted by Crippen LogP contribution is -2.30. The van der Waals surface area contributed by atoms with Crippen LogP contribution in [0.15, 0.2) is 24.3 Å². The Kier molecular flexibility index (Phi) is 11.9. The third-order valence-electron chi connectivity index (χ3n) is 9.19. The first-order valence-electron chi connectivity index (χ1n) is 14.7. The fourth-order valence-corrected chi connectivity index (χ4v) is 6.99. The molecule has 2 fully saturated rings. The molecule has 0 N–H and O–H groups in total. The summed E-state index contributed by atoms with van der Waals surface area (Å²) in [6.45, 7) is 4.60. The van der Waals surface area contributed by atoms with Gasteiger partial charge in [0.25, 0.3) is 0 Å². The molecule has 1 atom stereocenters. The van der Waals surface area contributed by atoms with Crippen LogP contribution in [0.4, 0.5) is 0 Å². The molecule has 0 aromatic heterocycles. The average Bonchev–Trinajstić information content (AvgIpc) is 2.87. The van der Waals surface area contributed by atoms with Crippen molar-refractivity contribution in [3.63, 3.8) is 0 Å². The van der Waals surface area contributed by atoms with Gasteiger partial charge in [0, 0.05) is 6.42 Å². The van der Waals surface area contributed by atoms with E-state index in [1.165, 1.54) is 115 Å².